The molecule has 1 aromatic heterocycles. The number of hydrogen-bond acceptors (Lipinski definition) is 4. The van der Waals surface area contributed by atoms with Gasteiger partial charge >= 0.3 is 0 Å². The van der Waals surface area contributed by atoms with Crippen LogP contribution in [0.15, 0.2) is 30.3 Å². The molecule has 0 saturated heterocycles. The molecule has 3 N–H and O–H groups in total. The minimum Gasteiger partial charge on any atom is -0.396 e. The molecule has 0 aliphatic rings. The van der Waals surface area contributed by atoms with E-state index in [9.17, 15) is 0 Å². The van der Waals surface area contributed by atoms with Gasteiger partial charge in [-0.2, -0.15) is 15.4 Å². The summed E-state index contributed by atoms with van der Waals surface area (Å²) in [7, 11) is 0. The summed E-state index contributed by atoms with van der Waals surface area (Å²) in [5.41, 5.74) is 2.88. The summed E-state index contributed by atoms with van der Waals surface area (Å²) in [6, 6.07) is 10.0. The minimum absolute atomic E-state index is 0.251. The van der Waals surface area contributed by atoms with E-state index in [0.717, 1.165) is 36.3 Å². The largest absolute Gasteiger partial charge is 0.396 e. The first-order valence-electron chi connectivity index (χ1n) is 6.18. The van der Waals surface area contributed by atoms with Crippen LogP contribution < -0.4 is 5.32 Å². The molecule has 5 heteroatoms. The molecule has 18 heavy (non-hydrogen) atoms. The van der Waals surface area contributed by atoms with Crippen LogP contribution in [0.2, 0.25) is 0 Å². The number of hydrogen-bond donors (Lipinski definition) is 3. The van der Waals surface area contributed by atoms with E-state index in [0.29, 0.717) is 6.54 Å². The maximum absolute atomic E-state index is 8.69. The van der Waals surface area contributed by atoms with Gasteiger partial charge in [-0.3, -0.25) is 0 Å². The van der Waals surface area contributed by atoms with E-state index in [1.807, 2.05) is 30.3 Å². The molecule has 2 aromatic rings. The zero-order chi connectivity index (χ0) is 12.6. The first kappa shape index (κ1) is 12.7. The molecule has 1 aromatic carbocycles. The highest BCUT2D eigenvalue weighted by atomic mass is 16.2. The SMILES string of the molecule is OCCCCNCc1n[nH]nc1-c1ccccc1. The predicted molar refractivity (Wildman–Crippen MR) is 69.8 cm³/mol. The molecule has 0 fully saturated rings. The summed E-state index contributed by atoms with van der Waals surface area (Å²) in [5.74, 6) is 0. The molecule has 1 heterocycles. The Hall–Kier alpha value is -1.72. The van der Waals surface area contributed by atoms with Gasteiger partial charge in [0, 0.05) is 18.7 Å². The molecular weight excluding hydrogens is 228 g/mol. The van der Waals surface area contributed by atoms with Crippen molar-refractivity contribution < 1.29 is 5.11 Å². The van der Waals surface area contributed by atoms with E-state index in [1.165, 1.54) is 0 Å². The number of benzene rings is 1. The number of nitrogens with one attached hydrogen (secondary N) is 2. The van der Waals surface area contributed by atoms with Gasteiger partial charge in [0.2, 0.25) is 0 Å². The van der Waals surface area contributed by atoms with Gasteiger partial charge in [-0.1, -0.05) is 30.3 Å². The standard InChI is InChI=1S/C13H18N4O/c18-9-5-4-8-14-10-12-13(16-17-15-12)11-6-2-1-3-7-11/h1-3,6-7,14,18H,4-5,8-10H2,(H,15,16,17). The Labute approximate surface area is 106 Å². The number of H-pyrrole nitrogens is 1. The summed E-state index contributed by atoms with van der Waals surface area (Å²) in [4.78, 5) is 0. The van der Waals surface area contributed by atoms with Crippen molar-refractivity contribution in [1.82, 2.24) is 20.7 Å². The fourth-order valence-corrected chi connectivity index (χ4v) is 1.77. The van der Waals surface area contributed by atoms with E-state index in [-0.39, 0.29) is 6.61 Å². The summed E-state index contributed by atoms with van der Waals surface area (Å²) < 4.78 is 0. The van der Waals surface area contributed by atoms with Crippen LogP contribution in [0.5, 0.6) is 0 Å². The highest BCUT2D eigenvalue weighted by molar-refractivity contribution is 5.60. The number of unbranched alkanes of at least 4 members (excludes halogenated alkanes) is 1. The second kappa shape index (κ2) is 6.88. The van der Waals surface area contributed by atoms with Crippen LogP contribution in [0, 0.1) is 0 Å². The number of aliphatic hydroxyl groups excluding tert-OH is 1. The van der Waals surface area contributed by atoms with Crippen molar-refractivity contribution >= 4 is 0 Å². The highest BCUT2D eigenvalue weighted by Gasteiger charge is 2.08. The van der Waals surface area contributed by atoms with E-state index >= 15 is 0 Å². The molecule has 0 amide bonds. The summed E-state index contributed by atoms with van der Waals surface area (Å²) in [5, 5.41) is 23.0. The lowest BCUT2D eigenvalue weighted by Gasteiger charge is -2.03. The van der Waals surface area contributed by atoms with E-state index < -0.39 is 0 Å². The van der Waals surface area contributed by atoms with Crippen LogP contribution in [-0.4, -0.2) is 33.7 Å². The molecule has 0 bridgehead atoms. The van der Waals surface area contributed by atoms with Crippen molar-refractivity contribution in [1.29, 1.82) is 0 Å². The van der Waals surface area contributed by atoms with Crippen molar-refractivity contribution in [2.24, 2.45) is 0 Å². The summed E-state index contributed by atoms with van der Waals surface area (Å²) >= 11 is 0. The van der Waals surface area contributed by atoms with Gasteiger partial charge in [0.15, 0.2) is 0 Å². The van der Waals surface area contributed by atoms with Crippen molar-refractivity contribution in [3.05, 3.63) is 36.0 Å². The Bertz CT molecular complexity index is 455. The molecule has 96 valence electrons. The highest BCUT2D eigenvalue weighted by Crippen LogP contribution is 2.18. The molecule has 0 unspecified atom stereocenters. The lowest BCUT2D eigenvalue weighted by atomic mass is 10.1. The lowest BCUT2D eigenvalue weighted by Crippen LogP contribution is -2.15. The third kappa shape index (κ3) is 3.38. The van der Waals surface area contributed by atoms with E-state index in [2.05, 4.69) is 20.7 Å². The third-order valence-corrected chi connectivity index (χ3v) is 2.72. The third-order valence-electron chi connectivity index (χ3n) is 2.72. The number of aromatic nitrogens is 3. The predicted octanol–water partition coefficient (Wildman–Crippen LogP) is 1.33. The Morgan fingerprint density at radius 1 is 1.11 bits per heavy atom. The second-order valence-corrected chi connectivity index (χ2v) is 4.09. The van der Waals surface area contributed by atoms with Crippen molar-refractivity contribution in [2.45, 2.75) is 19.4 Å². The van der Waals surface area contributed by atoms with Crippen LogP contribution in [0.3, 0.4) is 0 Å². The number of aliphatic hydroxyl groups is 1. The molecule has 0 aliphatic heterocycles. The maximum Gasteiger partial charge on any atom is 0.117 e. The molecule has 2 rings (SSSR count). The van der Waals surface area contributed by atoms with Gasteiger partial charge in [-0.05, 0) is 19.4 Å². The summed E-state index contributed by atoms with van der Waals surface area (Å²) in [6.07, 6.45) is 1.80. The second-order valence-electron chi connectivity index (χ2n) is 4.09. The van der Waals surface area contributed by atoms with Crippen molar-refractivity contribution in [3.8, 4) is 11.3 Å². The zero-order valence-electron chi connectivity index (χ0n) is 10.3. The van der Waals surface area contributed by atoms with Gasteiger partial charge in [0.05, 0.1) is 0 Å². The molecule has 0 radical (unpaired) electrons. The molecule has 0 saturated carbocycles. The maximum atomic E-state index is 8.69. The molecule has 0 spiro atoms. The van der Waals surface area contributed by atoms with Crippen LogP contribution in [0.4, 0.5) is 0 Å². The fourth-order valence-electron chi connectivity index (χ4n) is 1.77. The van der Waals surface area contributed by atoms with Crippen LogP contribution in [0.1, 0.15) is 18.5 Å². The van der Waals surface area contributed by atoms with Crippen molar-refractivity contribution in [3.63, 3.8) is 0 Å². The van der Waals surface area contributed by atoms with Gasteiger partial charge in [0.25, 0.3) is 0 Å². The zero-order valence-corrected chi connectivity index (χ0v) is 10.3. The monoisotopic (exact) mass is 246 g/mol. The van der Waals surface area contributed by atoms with Gasteiger partial charge in [-0.25, -0.2) is 0 Å². The topological polar surface area (TPSA) is 73.8 Å². The van der Waals surface area contributed by atoms with Crippen LogP contribution in [-0.2, 0) is 6.54 Å². The molecule has 0 atom stereocenters. The minimum atomic E-state index is 0.251. The van der Waals surface area contributed by atoms with Gasteiger partial charge in [0.1, 0.15) is 11.4 Å². The molecule has 5 nitrogen and oxygen atoms in total. The lowest BCUT2D eigenvalue weighted by molar-refractivity contribution is 0.283. The van der Waals surface area contributed by atoms with Gasteiger partial charge < -0.3 is 10.4 Å². The normalized spacial score (nSPS) is 10.7. The fraction of sp³-hybridized carbons (Fsp3) is 0.385. The Balaban J connectivity index is 1.92. The quantitative estimate of drug-likeness (QED) is 0.644. The van der Waals surface area contributed by atoms with Crippen LogP contribution >= 0.6 is 0 Å². The first-order chi connectivity index (χ1) is 8.92. The van der Waals surface area contributed by atoms with Crippen LogP contribution in [0.25, 0.3) is 11.3 Å². The molecule has 0 aliphatic carbocycles. The van der Waals surface area contributed by atoms with E-state index in [4.69, 9.17) is 5.11 Å². The summed E-state index contributed by atoms with van der Waals surface area (Å²) in [6.45, 7) is 1.81. The average molecular weight is 246 g/mol. The van der Waals surface area contributed by atoms with E-state index in [1.54, 1.807) is 0 Å². The van der Waals surface area contributed by atoms with Gasteiger partial charge in [-0.15, -0.1) is 0 Å². The molecular formula is C13H18N4O. The smallest absolute Gasteiger partial charge is 0.117 e. The Morgan fingerprint density at radius 2 is 1.94 bits per heavy atom. The van der Waals surface area contributed by atoms with Crippen molar-refractivity contribution in [2.75, 3.05) is 13.2 Å². The first-order valence-corrected chi connectivity index (χ1v) is 6.18. The number of aromatic amines is 1. The average Bonchev–Trinajstić information content (AvgIpc) is 2.88. The Kier molecular flexibility index (Phi) is 4.87. The number of nitrogens with zero attached hydrogens (tertiary/aromatic N) is 2. The Morgan fingerprint density at radius 3 is 2.72 bits per heavy atom. The number of rotatable bonds is 7.